The van der Waals surface area contributed by atoms with Gasteiger partial charge in [0.25, 0.3) is 5.56 Å². The van der Waals surface area contributed by atoms with Gasteiger partial charge in [-0.2, -0.15) is 5.10 Å². The highest BCUT2D eigenvalue weighted by atomic mass is 32.2. The van der Waals surface area contributed by atoms with E-state index in [-0.39, 0.29) is 27.3 Å². The first-order valence-corrected chi connectivity index (χ1v) is 12.2. The molecule has 0 aliphatic heterocycles. The van der Waals surface area contributed by atoms with Crippen molar-refractivity contribution >= 4 is 44.4 Å². The fraction of sp³-hybridized carbons (Fsp3) is 0.143. The number of para-hydroxylation sites is 1. The molecule has 0 fully saturated rings. The van der Waals surface area contributed by atoms with Crippen LogP contribution in [0.15, 0.2) is 75.6 Å². The SMILES string of the molecule is CN(C)S(=O)(=O)c1cccc(NC(=O)CSc2nc3c(cnn3-c3ccccc3)c(=O)[nH]2)c1. The zero-order valence-corrected chi connectivity index (χ0v) is 19.4. The zero-order valence-electron chi connectivity index (χ0n) is 17.7. The van der Waals surface area contributed by atoms with Crippen molar-refractivity contribution in [2.24, 2.45) is 0 Å². The maximum Gasteiger partial charge on any atom is 0.262 e. The summed E-state index contributed by atoms with van der Waals surface area (Å²) >= 11 is 1.05. The van der Waals surface area contributed by atoms with Crippen LogP contribution in [0.5, 0.6) is 0 Å². The van der Waals surface area contributed by atoms with Crippen molar-refractivity contribution in [3.05, 3.63) is 71.1 Å². The number of amides is 1. The molecule has 2 aromatic carbocycles. The van der Waals surface area contributed by atoms with Gasteiger partial charge in [0.15, 0.2) is 10.8 Å². The number of hydrogen-bond acceptors (Lipinski definition) is 7. The fourth-order valence-corrected chi connectivity index (χ4v) is 4.60. The van der Waals surface area contributed by atoms with Gasteiger partial charge in [0.1, 0.15) is 5.39 Å². The minimum absolute atomic E-state index is 0.0431. The molecule has 0 saturated carbocycles. The summed E-state index contributed by atoms with van der Waals surface area (Å²) in [5.74, 6) is -0.419. The summed E-state index contributed by atoms with van der Waals surface area (Å²) in [4.78, 5) is 32.1. The van der Waals surface area contributed by atoms with Gasteiger partial charge in [-0.25, -0.2) is 22.4 Å². The molecule has 4 rings (SSSR count). The van der Waals surface area contributed by atoms with Crippen LogP contribution in [0.4, 0.5) is 5.69 Å². The number of sulfonamides is 1. The summed E-state index contributed by atoms with van der Waals surface area (Å²) in [5, 5.41) is 7.53. The van der Waals surface area contributed by atoms with Gasteiger partial charge < -0.3 is 10.3 Å². The van der Waals surface area contributed by atoms with E-state index in [0.29, 0.717) is 16.7 Å². The number of nitrogens with zero attached hydrogens (tertiary/aromatic N) is 4. The molecule has 33 heavy (non-hydrogen) atoms. The molecule has 1 amide bonds. The van der Waals surface area contributed by atoms with E-state index in [1.165, 1.54) is 32.4 Å². The topological polar surface area (TPSA) is 130 Å². The number of thioether (sulfide) groups is 1. The number of hydrogen-bond donors (Lipinski definition) is 2. The Morgan fingerprint density at radius 2 is 1.91 bits per heavy atom. The summed E-state index contributed by atoms with van der Waals surface area (Å²) in [7, 11) is -0.746. The summed E-state index contributed by atoms with van der Waals surface area (Å²) < 4.78 is 27.2. The van der Waals surface area contributed by atoms with E-state index in [2.05, 4.69) is 20.4 Å². The number of benzene rings is 2. The number of fused-ring (bicyclic) bond motifs is 1. The Labute approximate surface area is 193 Å². The maximum absolute atomic E-state index is 12.4. The molecule has 2 heterocycles. The molecule has 0 aliphatic rings. The molecule has 0 unspecified atom stereocenters. The first-order chi connectivity index (χ1) is 15.8. The number of H-pyrrole nitrogens is 1. The average Bonchev–Trinajstić information content (AvgIpc) is 3.23. The normalized spacial score (nSPS) is 11.7. The van der Waals surface area contributed by atoms with E-state index >= 15 is 0 Å². The van der Waals surface area contributed by atoms with Crippen LogP contribution in [-0.4, -0.2) is 58.2 Å². The predicted octanol–water partition coefficient (Wildman–Crippen LogP) is 2.09. The lowest BCUT2D eigenvalue weighted by Crippen LogP contribution is -2.22. The molecule has 0 bridgehead atoms. The largest absolute Gasteiger partial charge is 0.325 e. The van der Waals surface area contributed by atoms with Gasteiger partial charge in [0.05, 0.1) is 22.5 Å². The van der Waals surface area contributed by atoms with E-state index < -0.39 is 10.0 Å². The van der Waals surface area contributed by atoms with Gasteiger partial charge in [-0.1, -0.05) is 36.0 Å². The van der Waals surface area contributed by atoms with Gasteiger partial charge in [0.2, 0.25) is 15.9 Å². The van der Waals surface area contributed by atoms with Gasteiger partial charge in [-0.15, -0.1) is 0 Å². The molecular formula is C21H20N6O4S2. The van der Waals surface area contributed by atoms with Crippen LogP contribution in [0, 0.1) is 0 Å². The van der Waals surface area contributed by atoms with Crippen LogP contribution in [0.25, 0.3) is 16.7 Å². The molecule has 0 radical (unpaired) electrons. The number of aromatic amines is 1. The third-order valence-corrected chi connectivity index (χ3v) is 7.34. The number of nitrogens with one attached hydrogen (secondary N) is 2. The Hall–Kier alpha value is -3.48. The lowest BCUT2D eigenvalue weighted by molar-refractivity contribution is -0.113. The van der Waals surface area contributed by atoms with Crippen LogP contribution in [0.2, 0.25) is 0 Å². The van der Waals surface area contributed by atoms with E-state index in [0.717, 1.165) is 21.8 Å². The number of carbonyl (C=O) groups is 1. The van der Waals surface area contributed by atoms with E-state index in [4.69, 9.17) is 0 Å². The van der Waals surface area contributed by atoms with Gasteiger partial charge in [-0.05, 0) is 30.3 Å². The number of rotatable bonds is 7. The molecule has 2 aromatic heterocycles. The average molecular weight is 485 g/mol. The standard InChI is InChI=1S/C21H20N6O4S2/c1-26(2)33(30,31)16-10-6-7-14(11-16)23-18(28)13-32-21-24-19-17(20(29)25-21)12-22-27(19)15-8-4-3-5-9-15/h3-12H,13H2,1-2H3,(H,23,28)(H,24,25,29). The van der Waals surface area contributed by atoms with Crippen molar-refractivity contribution in [2.75, 3.05) is 25.2 Å². The highest BCUT2D eigenvalue weighted by Gasteiger charge is 2.18. The smallest absolute Gasteiger partial charge is 0.262 e. The molecule has 0 saturated heterocycles. The maximum atomic E-state index is 12.4. The van der Waals surface area contributed by atoms with Gasteiger partial charge >= 0.3 is 0 Å². The Balaban J connectivity index is 1.50. The van der Waals surface area contributed by atoms with Crippen molar-refractivity contribution in [3.63, 3.8) is 0 Å². The number of carbonyl (C=O) groups excluding carboxylic acids is 1. The summed E-state index contributed by atoms with van der Waals surface area (Å²) in [5.41, 5.74) is 1.13. The fourth-order valence-electron chi connectivity index (χ4n) is 3.00. The zero-order chi connectivity index (χ0) is 23.6. The minimum atomic E-state index is -3.62. The molecule has 10 nitrogen and oxygen atoms in total. The van der Waals surface area contributed by atoms with Crippen molar-refractivity contribution in [2.45, 2.75) is 10.1 Å². The van der Waals surface area contributed by atoms with E-state index in [9.17, 15) is 18.0 Å². The Morgan fingerprint density at radius 3 is 2.64 bits per heavy atom. The van der Waals surface area contributed by atoms with Crippen LogP contribution >= 0.6 is 11.8 Å². The van der Waals surface area contributed by atoms with Crippen molar-refractivity contribution in [1.82, 2.24) is 24.1 Å². The Morgan fingerprint density at radius 1 is 1.15 bits per heavy atom. The molecule has 4 aromatic rings. The lowest BCUT2D eigenvalue weighted by atomic mass is 10.3. The molecule has 0 aliphatic carbocycles. The number of aromatic nitrogens is 4. The molecule has 0 spiro atoms. The Bertz CT molecular complexity index is 1480. The molecule has 0 atom stereocenters. The molecule has 170 valence electrons. The monoisotopic (exact) mass is 484 g/mol. The van der Waals surface area contributed by atoms with E-state index in [1.807, 2.05) is 30.3 Å². The molecular weight excluding hydrogens is 464 g/mol. The molecule has 2 N–H and O–H groups in total. The third-order valence-electron chi connectivity index (χ3n) is 4.65. The van der Waals surface area contributed by atoms with Gasteiger partial charge in [-0.3, -0.25) is 9.59 Å². The second-order valence-electron chi connectivity index (χ2n) is 7.15. The summed E-state index contributed by atoms with van der Waals surface area (Å²) in [6, 6.07) is 15.3. The van der Waals surface area contributed by atoms with Gasteiger partial charge in [0, 0.05) is 19.8 Å². The second kappa shape index (κ2) is 9.17. The third kappa shape index (κ3) is 4.82. The highest BCUT2D eigenvalue weighted by Crippen LogP contribution is 2.20. The lowest BCUT2D eigenvalue weighted by Gasteiger charge is -2.12. The summed E-state index contributed by atoms with van der Waals surface area (Å²) in [6.07, 6.45) is 1.45. The quantitative estimate of drug-likeness (QED) is 0.303. The van der Waals surface area contributed by atoms with Crippen LogP contribution in [-0.2, 0) is 14.8 Å². The number of anilines is 1. The Kier molecular flexibility index (Phi) is 6.31. The molecule has 12 heteroatoms. The summed E-state index contributed by atoms with van der Waals surface area (Å²) in [6.45, 7) is 0. The predicted molar refractivity (Wildman–Crippen MR) is 126 cm³/mol. The van der Waals surface area contributed by atoms with Crippen molar-refractivity contribution < 1.29 is 13.2 Å². The highest BCUT2D eigenvalue weighted by molar-refractivity contribution is 7.99. The first kappa shape index (κ1) is 22.7. The van der Waals surface area contributed by atoms with E-state index in [1.54, 1.807) is 16.8 Å². The second-order valence-corrected chi connectivity index (χ2v) is 10.3. The van der Waals surface area contributed by atoms with Crippen molar-refractivity contribution in [3.8, 4) is 5.69 Å². The van der Waals surface area contributed by atoms with Crippen LogP contribution in [0.1, 0.15) is 0 Å². The first-order valence-electron chi connectivity index (χ1n) is 9.74. The van der Waals surface area contributed by atoms with Crippen LogP contribution in [0.3, 0.4) is 0 Å². The minimum Gasteiger partial charge on any atom is -0.325 e. The van der Waals surface area contributed by atoms with Crippen molar-refractivity contribution in [1.29, 1.82) is 0 Å². The van der Waals surface area contributed by atoms with Crippen LogP contribution < -0.4 is 10.9 Å².